The molecule has 1 fully saturated rings. The zero-order valence-electron chi connectivity index (χ0n) is 12.8. The lowest BCUT2D eigenvalue weighted by molar-refractivity contribution is 0.0677. The Hall–Kier alpha value is -1.86. The van der Waals surface area contributed by atoms with E-state index in [0.717, 1.165) is 37.5 Å². The molecule has 0 spiro atoms. The SMILES string of the molecule is CO[C@@H]1C[C@@H](c2nnc3n2CCC3)N(C(=O)c2cc(Cl)c[nH]2)C1. The van der Waals surface area contributed by atoms with Gasteiger partial charge in [-0.25, -0.2) is 0 Å². The summed E-state index contributed by atoms with van der Waals surface area (Å²) >= 11 is 5.93. The zero-order valence-corrected chi connectivity index (χ0v) is 13.6. The zero-order chi connectivity index (χ0) is 16.0. The molecule has 1 amide bonds. The standard InChI is InChI=1S/C15H18ClN5O2/c1-23-10-6-12(14-19-18-13-3-2-4-20(13)14)21(8-10)15(22)11-5-9(16)7-17-11/h5,7,10,12,17H,2-4,6,8H2,1H3/t10-,12+/m1/s1. The average molecular weight is 336 g/mol. The van der Waals surface area contributed by atoms with Gasteiger partial charge in [0.15, 0.2) is 5.82 Å². The number of halogens is 1. The fraction of sp³-hybridized carbons (Fsp3) is 0.533. The number of likely N-dealkylation sites (tertiary alicyclic amines) is 1. The number of hydrogen-bond acceptors (Lipinski definition) is 4. The molecule has 0 radical (unpaired) electrons. The number of rotatable bonds is 3. The summed E-state index contributed by atoms with van der Waals surface area (Å²) in [5, 5.41) is 9.14. The van der Waals surface area contributed by atoms with Gasteiger partial charge in [-0.05, 0) is 12.5 Å². The Morgan fingerprint density at radius 3 is 3.09 bits per heavy atom. The molecule has 2 atom stereocenters. The molecule has 122 valence electrons. The molecule has 2 aromatic rings. The van der Waals surface area contributed by atoms with Crippen LogP contribution in [0.25, 0.3) is 0 Å². The van der Waals surface area contributed by atoms with Crippen molar-refractivity contribution in [1.82, 2.24) is 24.6 Å². The van der Waals surface area contributed by atoms with Gasteiger partial charge in [-0.15, -0.1) is 10.2 Å². The van der Waals surface area contributed by atoms with Gasteiger partial charge in [0.05, 0.1) is 17.2 Å². The quantitative estimate of drug-likeness (QED) is 0.928. The number of H-pyrrole nitrogens is 1. The van der Waals surface area contributed by atoms with Crippen LogP contribution in [-0.4, -0.2) is 50.3 Å². The monoisotopic (exact) mass is 335 g/mol. The molecule has 7 nitrogen and oxygen atoms in total. The van der Waals surface area contributed by atoms with Gasteiger partial charge in [0.25, 0.3) is 5.91 Å². The summed E-state index contributed by atoms with van der Waals surface area (Å²) in [6.07, 6.45) is 4.38. The molecular formula is C15H18ClN5O2. The largest absolute Gasteiger partial charge is 0.380 e. The molecular weight excluding hydrogens is 318 g/mol. The molecule has 4 rings (SSSR count). The molecule has 0 aliphatic carbocycles. The predicted molar refractivity (Wildman–Crippen MR) is 83.3 cm³/mol. The van der Waals surface area contributed by atoms with Gasteiger partial charge in [0, 0.05) is 39.2 Å². The highest BCUT2D eigenvalue weighted by atomic mass is 35.5. The Bertz CT molecular complexity index is 740. The van der Waals surface area contributed by atoms with Crippen molar-refractivity contribution in [3.8, 4) is 0 Å². The first-order chi connectivity index (χ1) is 11.2. The van der Waals surface area contributed by atoms with Gasteiger partial charge < -0.3 is 19.2 Å². The van der Waals surface area contributed by atoms with E-state index in [1.54, 1.807) is 19.4 Å². The summed E-state index contributed by atoms with van der Waals surface area (Å²) in [4.78, 5) is 17.6. The molecule has 2 aliphatic heterocycles. The first-order valence-electron chi connectivity index (χ1n) is 7.77. The third-order valence-corrected chi connectivity index (χ3v) is 4.89. The minimum absolute atomic E-state index is 0.00346. The van der Waals surface area contributed by atoms with Gasteiger partial charge >= 0.3 is 0 Å². The minimum atomic E-state index is -0.117. The molecule has 23 heavy (non-hydrogen) atoms. The van der Waals surface area contributed by atoms with Crippen LogP contribution in [-0.2, 0) is 17.7 Å². The van der Waals surface area contributed by atoms with E-state index in [-0.39, 0.29) is 18.1 Å². The Morgan fingerprint density at radius 2 is 2.35 bits per heavy atom. The highest BCUT2D eigenvalue weighted by Gasteiger charge is 2.40. The van der Waals surface area contributed by atoms with Crippen LogP contribution in [0.5, 0.6) is 0 Å². The van der Waals surface area contributed by atoms with E-state index in [4.69, 9.17) is 16.3 Å². The second-order valence-corrected chi connectivity index (χ2v) is 6.46. The van der Waals surface area contributed by atoms with E-state index in [9.17, 15) is 4.79 Å². The fourth-order valence-electron chi connectivity index (χ4n) is 3.50. The maximum atomic E-state index is 12.9. The van der Waals surface area contributed by atoms with Crippen molar-refractivity contribution in [3.63, 3.8) is 0 Å². The van der Waals surface area contributed by atoms with Crippen LogP contribution in [0.15, 0.2) is 12.3 Å². The van der Waals surface area contributed by atoms with Crippen molar-refractivity contribution in [2.75, 3.05) is 13.7 Å². The van der Waals surface area contributed by atoms with Crippen LogP contribution < -0.4 is 0 Å². The number of carbonyl (C=O) groups excluding carboxylic acids is 1. The lowest BCUT2D eigenvalue weighted by Crippen LogP contribution is -2.33. The summed E-state index contributed by atoms with van der Waals surface area (Å²) in [7, 11) is 1.68. The molecule has 0 unspecified atom stereocenters. The van der Waals surface area contributed by atoms with Crippen molar-refractivity contribution < 1.29 is 9.53 Å². The Balaban J connectivity index is 1.67. The topological polar surface area (TPSA) is 76.0 Å². The smallest absolute Gasteiger partial charge is 0.271 e. The van der Waals surface area contributed by atoms with Gasteiger partial charge in [-0.2, -0.15) is 0 Å². The molecule has 2 aliphatic rings. The average Bonchev–Trinajstić information content (AvgIpc) is 3.29. The van der Waals surface area contributed by atoms with Gasteiger partial charge in [-0.1, -0.05) is 11.6 Å². The number of aromatic nitrogens is 4. The first-order valence-corrected chi connectivity index (χ1v) is 8.15. The van der Waals surface area contributed by atoms with E-state index < -0.39 is 0 Å². The highest BCUT2D eigenvalue weighted by molar-refractivity contribution is 6.30. The van der Waals surface area contributed by atoms with Crippen LogP contribution in [0.2, 0.25) is 5.02 Å². The molecule has 1 N–H and O–H groups in total. The van der Waals surface area contributed by atoms with E-state index >= 15 is 0 Å². The Kier molecular flexibility index (Phi) is 3.61. The normalized spacial score (nSPS) is 23.5. The number of fused-ring (bicyclic) bond motifs is 1. The van der Waals surface area contributed by atoms with Crippen molar-refractivity contribution in [2.45, 2.75) is 38.0 Å². The number of aromatic amines is 1. The number of methoxy groups -OCH3 is 1. The molecule has 0 bridgehead atoms. The van der Waals surface area contributed by atoms with Crippen LogP contribution >= 0.6 is 11.6 Å². The number of ether oxygens (including phenoxy) is 1. The highest BCUT2D eigenvalue weighted by Crippen LogP contribution is 2.35. The van der Waals surface area contributed by atoms with Crippen LogP contribution in [0.3, 0.4) is 0 Å². The molecule has 0 aromatic carbocycles. The summed E-state index contributed by atoms with van der Waals surface area (Å²) in [6, 6.07) is 1.53. The molecule has 0 saturated carbocycles. The Morgan fingerprint density at radius 1 is 1.48 bits per heavy atom. The summed E-state index contributed by atoms with van der Waals surface area (Å²) in [6.45, 7) is 1.46. The van der Waals surface area contributed by atoms with E-state index in [1.165, 1.54) is 0 Å². The maximum absolute atomic E-state index is 12.9. The third kappa shape index (κ3) is 2.44. The lowest BCUT2D eigenvalue weighted by Gasteiger charge is -2.23. The third-order valence-electron chi connectivity index (χ3n) is 4.67. The predicted octanol–water partition coefficient (Wildman–Crippen LogP) is 1.81. The van der Waals surface area contributed by atoms with Gasteiger partial charge in [-0.3, -0.25) is 4.79 Å². The number of amides is 1. The van der Waals surface area contributed by atoms with E-state index in [0.29, 0.717) is 17.3 Å². The fourth-order valence-corrected chi connectivity index (χ4v) is 3.67. The van der Waals surface area contributed by atoms with Crippen molar-refractivity contribution in [1.29, 1.82) is 0 Å². The second-order valence-electron chi connectivity index (χ2n) is 6.03. The number of carbonyl (C=O) groups is 1. The van der Waals surface area contributed by atoms with E-state index in [1.807, 2.05) is 4.90 Å². The van der Waals surface area contributed by atoms with Gasteiger partial charge in [0.1, 0.15) is 11.5 Å². The molecule has 2 aromatic heterocycles. The van der Waals surface area contributed by atoms with Gasteiger partial charge in [0.2, 0.25) is 0 Å². The van der Waals surface area contributed by atoms with E-state index in [2.05, 4.69) is 19.7 Å². The number of hydrogen-bond donors (Lipinski definition) is 1. The van der Waals surface area contributed by atoms with Crippen molar-refractivity contribution >= 4 is 17.5 Å². The summed E-state index contributed by atoms with van der Waals surface area (Å²) < 4.78 is 7.64. The molecule has 8 heteroatoms. The molecule has 4 heterocycles. The Labute approximate surface area is 138 Å². The van der Waals surface area contributed by atoms with Crippen LogP contribution in [0, 0.1) is 0 Å². The van der Waals surface area contributed by atoms with Crippen LogP contribution in [0.1, 0.15) is 41.0 Å². The second kappa shape index (κ2) is 5.65. The molecule has 1 saturated heterocycles. The minimum Gasteiger partial charge on any atom is -0.380 e. The lowest BCUT2D eigenvalue weighted by atomic mass is 10.2. The number of aryl methyl sites for hydroxylation is 1. The first kappa shape index (κ1) is 14.7. The number of nitrogens with one attached hydrogen (secondary N) is 1. The van der Waals surface area contributed by atoms with Crippen LogP contribution in [0.4, 0.5) is 0 Å². The number of nitrogens with zero attached hydrogens (tertiary/aromatic N) is 4. The van der Waals surface area contributed by atoms with Crippen molar-refractivity contribution in [3.05, 3.63) is 34.6 Å². The maximum Gasteiger partial charge on any atom is 0.271 e. The van der Waals surface area contributed by atoms with Crippen molar-refractivity contribution in [2.24, 2.45) is 0 Å². The summed E-state index contributed by atoms with van der Waals surface area (Å²) in [5.74, 6) is 1.79. The summed E-state index contributed by atoms with van der Waals surface area (Å²) in [5.41, 5.74) is 0.484.